The zero-order valence-electron chi connectivity index (χ0n) is 14.6. The molecular formula is C19H27IN4S. The average molecular weight is 470 g/mol. The van der Waals surface area contributed by atoms with Crippen molar-refractivity contribution in [1.29, 1.82) is 0 Å². The summed E-state index contributed by atoms with van der Waals surface area (Å²) in [4.78, 5) is 8.55. The van der Waals surface area contributed by atoms with Gasteiger partial charge in [0.2, 0.25) is 0 Å². The van der Waals surface area contributed by atoms with Crippen molar-refractivity contribution in [3.63, 3.8) is 0 Å². The first-order chi connectivity index (χ1) is 11.7. The predicted molar refractivity (Wildman–Crippen MR) is 119 cm³/mol. The van der Waals surface area contributed by atoms with Crippen LogP contribution in [0.15, 0.2) is 46.8 Å². The second kappa shape index (κ2) is 10.1. The van der Waals surface area contributed by atoms with E-state index in [4.69, 9.17) is 5.73 Å². The number of likely N-dealkylation sites (tertiary alicyclic amines) is 1. The van der Waals surface area contributed by atoms with Gasteiger partial charge in [0.05, 0.1) is 0 Å². The highest BCUT2D eigenvalue weighted by atomic mass is 127. The van der Waals surface area contributed by atoms with Crippen LogP contribution < -0.4 is 11.1 Å². The molecule has 136 valence electrons. The lowest BCUT2D eigenvalue weighted by atomic mass is 9.98. The Kier molecular flexibility index (Phi) is 8.18. The standard InChI is InChI=1S/C19H26N4S.HI/c1-15-5-2-7-17(11-15)22-19(20)21-12-16-6-3-9-23(13-16)14-18-8-4-10-24-18;/h2,4-5,7-8,10-11,16H,3,6,9,12-14H2,1H3,(H3,20,21,22);1H. The summed E-state index contributed by atoms with van der Waals surface area (Å²) in [5.41, 5.74) is 8.26. The summed E-state index contributed by atoms with van der Waals surface area (Å²) in [6.07, 6.45) is 2.49. The van der Waals surface area contributed by atoms with Crippen LogP contribution in [-0.2, 0) is 6.54 Å². The number of benzene rings is 1. The minimum atomic E-state index is 0. The lowest BCUT2D eigenvalue weighted by Crippen LogP contribution is -2.36. The summed E-state index contributed by atoms with van der Waals surface area (Å²) in [5.74, 6) is 1.10. The molecule has 6 heteroatoms. The van der Waals surface area contributed by atoms with Crippen LogP contribution in [0.5, 0.6) is 0 Å². The number of nitrogens with two attached hydrogens (primary N) is 1. The lowest BCUT2D eigenvalue weighted by molar-refractivity contribution is 0.172. The van der Waals surface area contributed by atoms with E-state index in [-0.39, 0.29) is 24.0 Å². The molecule has 0 saturated carbocycles. The smallest absolute Gasteiger partial charge is 0.193 e. The molecule has 1 fully saturated rings. The first-order valence-corrected chi connectivity index (χ1v) is 9.45. The fourth-order valence-electron chi connectivity index (χ4n) is 3.20. The van der Waals surface area contributed by atoms with Crippen LogP contribution in [0.2, 0.25) is 0 Å². The molecule has 0 amide bonds. The van der Waals surface area contributed by atoms with E-state index in [1.54, 1.807) is 0 Å². The number of piperidine rings is 1. The van der Waals surface area contributed by atoms with Crippen molar-refractivity contribution in [2.75, 3.05) is 25.0 Å². The van der Waals surface area contributed by atoms with E-state index < -0.39 is 0 Å². The number of nitrogens with zero attached hydrogens (tertiary/aromatic N) is 2. The van der Waals surface area contributed by atoms with Crippen molar-refractivity contribution in [2.45, 2.75) is 26.3 Å². The molecule has 1 unspecified atom stereocenters. The molecule has 3 N–H and O–H groups in total. The zero-order chi connectivity index (χ0) is 16.8. The van der Waals surface area contributed by atoms with E-state index in [1.165, 1.54) is 29.8 Å². The quantitative estimate of drug-likeness (QED) is 0.389. The van der Waals surface area contributed by atoms with Crippen LogP contribution in [0, 0.1) is 12.8 Å². The van der Waals surface area contributed by atoms with Crippen molar-refractivity contribution < 1.29 is 0 Å². The van der Waals surface area contributed by atoms with Crippen molar-refractivity contribution >= 4 is 47.0 Å². The van der Waals surface area contributed by atoms with Crippen molar-refractivity contribution in [3.8, 4) is 0 Å². The zero-order valence-corrected chi connectivity index (χ0v) is 17.8. The average Bonchev–Trinajstić information content (AvgIpc) is 3.06. The summed E-state index contributed by atoms with van der Waals surface area (Å²) in [6.45, 7) is 6.23. The van der Waals surface area contributed by atoms with E-state index in [9.17, 15) is 0 Å². The van der Waals surface area contributed by atoms with Gasteiger partial charge in [0, 0.05) is 30.2 Å². The number of anilines is 1. The molecule has 0 spiro atoms. The molecule has 1 aliphatic heterocycles. The van der Waals surface area contributed by atoms with Gasteiger partial charge in [-0.05, 0) is 61.4 Å². The van der Waals surface area contributed by atoms with E-state index >= 15 is 0 Å². The van der Waals surface area contributed by atoms with Gasteiger partial charge in [-0.15, -0.1) is 35.3 Å². The van der Waals surface area contributed by atoms with Crippen molar-refractivity contribution in [2.24, 2.45) is 16.6 Å². The van der Waals surface area contributed by atoms with Gasteiger partial charge in [-0.3, -0.25) is 9.89 Å². The summed E-state index contributed by atoms with van der Waals surface area (Å²) < 4.78 is 0. The summed E-state index contributed by atoms with van der Waals surface area (Å²) in [7, 11) is 0. The fourth-order valence-corrected chi connectivity index (χ4v) is 3.95. The molecule has 3 rings (SSSR count). The second-order valence-electron chi connectivity index (χ2n) is 6.54. The van der Waals surface area contributed by atoms with Crippen LogP contribution in [0.1, 0.15) is 23.3 Å². The van der Waals surface area contributed by atoms with Gasteiger partial charge in [-0.1, -0.05) is 18.2 Å². The second-order valence-corrected chi connectivity index (χ2v) is 7.58. The minimum absolute atomic E-state index is 0. The van der Waals surface area contributed by atoms with E-state index in [0.29, 0.717) is 11.9 Å². The molecule has 2 heterocycles. The number of guanidine groups is 1. The Balaban J connectivity index is 0.00000225. The Morgan fingerprint density at radius 2 is 2.24 bits per heavy atom. The van der Waals surface area contributed by atoms with Crippen molar-refractivity contribution in [3.05, 3.63) is 52.2 Å². The van der Waals surface area contributed by atoms with Gasteiger partial charge in [0.1, 0.15) is 0 Å². The highest BCUT2D eigenvalue weighted by Crippen LogP contribution is 2.20. The van der Waals surface area contributed by atoms with Gasteiger partial charge in [-0.2, -0.15) is 0 Å². The maximum Gasteiger partial charge on any atom is 0.193 e. The summed E-state index contributed by atoms with van der Waals surface area (Å²) in [6, 6.07) is 12.5. The third-order valence-electron chi connectivity index (χ3n) is 4.37. The maximum absolute atomic E-state index is 6.04. The third-order valence-corrected chi connectivity index (χ3v) is 5.23. The highest BCUT2D eigenvalue weighted by molar-refractivity contribution is 14.0. The van der Waals surface area contributed by atoms with Gasteiger partial charge in [0.15, 0.2) is 5.96 Å². The molecule has 2 aromatic rings. The largest absolute Gasteiger partial charge is 0.370 e. The van der Waals surface area contributed by atoms with Gasteiger partial charge in [-0.25, -0.2) is 0 Å². The van der Waals surface area contributed by atoms with Crippen LogP contribution >= 0.6 is 35.3 Å². The predicted octanol–water partition coefficient (Wildman–Crippen LogP) is 4.31. The Morgan fingerprint density at radius 3 is 3.00 bits per heavy atom. The maximum atomic E-state index is 6.04. The number of nitrogens with one attached hydrogen (secondary N) is 1. The van der Waals surface area contributed by atoms with Gasteiger partial charge >= 0.3 is 0 Å². The SMILES string of the molecule is Cc1cccc(NC(N)=NCC2CCCN(Cc3cccs3)C2)c1.I. The topological polar surface area (TPSA) is 53.6 Å². The Morgan fingerprint density at radius 1 is 1.36 bits per heavy atom. The number of aryl methyl sites for hydroxylation is 1. The number of halogens is 1. The number of rotatable bonds is 5. The number of hydrogen-bond acceptors (Lipinski definition) is 3. The third kappa shape index (κ3) is 6.60. The molecule has 4 nitrogen and oxygen atoms in total. The van der Waals surface area contributed by atoms with E-state index in [0.717, 1.165) is 25.3 Å². The summed E-state index contributed by atoms with van der Waals surface area (Å²) >= 11 is 1.84. The number of hydrogen-bond donors (Lipinski definition) is 2. The van der Waals surface area contributed by atoms with Gasteiger partial charge < -0.3 is 11.1 Å². The van der Waals surface area contributed by atoms with Crippen LogP contribution in [0.25, 0.3) is 0 Å². The first-order valence-electron chi connectivity index (χ1n) is 8.57. The number of aliphatic imine (C=N–C) groups is 1. The van der Waals surface area contributed by atoms with Crippen molar-refractivity contribution in [1.82, 2.24) is 4.90 Å². The van der Waals surface area contributed by atoms with E-state index in [2.05, 4.69) is 51.8 Å². The Labute approximate surface area is 171 Å². The number of thiophene rings is 1. The Bertz CT molecular complexity index is 672. The Hall–Kier alpha value is -1.12. The monoisotopic (exact) mass is 470 g/mol. The molecule has 1 atom stereocenters. The van der Waals surface area contributed by atoms with Crippen LogP contribution in [0.4, 0.5) is 5.69 Å². The molecule has 25 heavy (non-hydrogen) atoms. The normalized spacial score (nSPS) is 18.6. The summed E-state index contributed by atoms with van der Waals surface area (Å²) in [5, 5.41) is 5.34. The highest BCUT2D eigenvalue weighted by Gasteiger charge is 2.20. The molecule has 1 saturated heterocycles. The molecule has 1 aliphatic rings. The molecule has 1 aromatic heterocycles. The van der Waals surface area contributed by atoms with Gasteiger partial charge in [0.25, 0.3) is 0 Å². The minimum Gasteiger partial charge on any atom is -0.370 e. The molecule has 0 aliphatic carbocycles. The molecule has 0 radical (unpaired) electrons. The molecule has 1 aromatic carbocycles. The van der Waals surface area contributed by atoms with Crippen LogP contribution in [0.3, 0.4) is 0 Å². The fraction of sp³-hybridized carbons (Fsp3) is 0.421. The molecular weight excluding hydrogens is 443 g/mol. The molecule has 0 bridgehead atoms. The van der Waals surface area contributed by atoms with E-state index in [1.807, 2.05) is 23.5 Å². The first kappa shape index (κ1) is 20.2. The lowest BCUT2D eigenvalue weighted by Gasteiger charge is -2.31. The van der Waals surface area contributed by atoms with Crippen LogP contribution in [-0.4, -0.2) is 30.5 Å².